The van der Waals surface area contributed by atoms with E-state index in [1.54, 1.807) is 13.8 Å². The maximum atomic E-state index is 11.9. The number of carboxylic acids is 2. The molecule has 0 radical (unpaired) electrons. The highest BCUT2D eigenvalue weighted by atomic mass is 32.1. The van der Waals surface area contributed by atoms with Crippen molar-refractivity contribution in [2.24, 2.45) is 0 Å². The summed E-state index contributed by atoms with van der Waals surface area (Å²) in [6.07, 6.45) is 4.26. The van der Waals surface area contributed by atoms with Gasteiger partial charge in [0.05, 0.1) is 10.8 Å². The van der Waals surface area contributed by atoms with Crippen molar-refractivity contribution in [1.82, 2.24) is 10.6 Å². The molecule has 6 nitrogen and oxygen atoms in total. The van der Waals surface area contributed by atoms with Gasteiger partial charge in [-0.1, -0.05) is 73.5 Å². The minimum absolute atomic E-state index is 0.554. The van der Waals surface area contributed by atoms with Crippen LogP contribution in [0, 0.1) is 0 Å². The summed E-state index contributed by atoms with van der Waals surface area (Å²) in [7, 11) is 0. The van der Waals surface area contributed by atoms with Gasteiger partial charge in [0.2, 0.25) is 0 Å². The van der Waals surface area contributed by atoms with Crippen LogP contribution in [0.1, 0.15) is 63.5 Å². The molecule has 2 atom stereocenters. The number of carboxylic acid groups (broad SMARTS) is 2. The summed E-state index contributed by atoms with van der Waals surface area (Å²) in [5.74, 6) is -1.62. The summed E-state index contributed by atoms with van der Waals surface area (Å²) in [5.41, 5.74) is -0.160. The minimum atomic E-state index is -0.899. The number of thiocarbonyl (C=S) groups is 1. The molecule has 0 aliphatic heterocycles. The van der Waals surface area contributed by atoms with Crippen LogP contribution in [0.15, 0.2) is 60.7 Å². The number of rotatable bonds is 14. The van der Waals surface area contributed by atoms with Gasteiger partial charge in [0.15, 0.2) is 5.11 Å². The second-order valence-electron chi connectivity index (χ2n) is 9.10. The Morgan fingerprint density at radius 2 is 1.06 bits per heavy atom. The molecule has 0 saturated carbocycles. The van der Waals surface area contributed by atoms with Crippen molar-refractivity contribution in [2.75, 3.05) is 13.1 Å². The number of carbonyl (C=O) groups is 2. The zero-order chi connectivity index (χ0) is 25.0. The van der Waals surface area contributed by atoms with Gasteiger partial charge < -0.3 is 20.8 Å². The summed E-state index contributed by atoms with van der Waals surface area (Å²) in [4.78, 5) is 23.7. The topological polar surface area (TPSA) is 98.7 Å². The molecule has 0 aromatic heterocycles. The smallest absolute Gasteiger partial charge is 0.313 e. The monoisotopic (exact) mass is 484 g/mol. The largest absolute Gasteiger partial charge is 0.481 e. The Morgan fingerprint density at radius 3 is 1.38 bits per heavy atom. The highest BCUT2D eigenvalue weighted by Crippen LogP contribution is 2.30. The third-order valence-corrected chi connectivity index (χ3v) is 6.83. The maximum absolute atomic E-state index is 11.9. The van der Waals surface area contributed by atoms with E-state index in [0.717, 1.165) is 36.8 Å². The zero-order valence-corrected chi connectivity index (χ0v) is 20.9. The first kappa shape index (κ1) is 27.3. The van der Waals surface area contributed by atoms with Gasteiger partial charge in [0.25, 0.3) is 0 Å². The number of nitrogens with one attached hydrogen (secondary N) is 2. The van der Waals surface area contributed by atoms with Crippen LogP contribution >= 0.6 is 12.2 Å². The van der Waals surface area contributed by atoms with Gasteiger partial charge in [-0.2, -0.15) is 0 Å². The molecule has 0 aliphatic rings. The van der Waals surface area contributed by atoms with E-state index in [1.165, 1.54) is 0 Å². The number of unbranched alkanes of at least 4 members (excludes halogenated alkanes) is 2. The highest BCUT2D eigenvalue weighted by molar-refractivity contribution is 7.80. The lowest BCUT2D eigenvalue weighted by molar-refractivity contribution is -0.144. The van der Waals surface area contributed by atoms with Crippen molar-refractivity contribution >= 4 is 29.3 Å². The molecular weight excluding hydrogens is 448 g/mol. The molecule has 2 aromatic carbocycles. The Hall–Kier alpha value is -2.93. The molecule has 0 amide bonds. The fraction of sp³-hybridized carbons (Fsp3) is 0.444. The van der Waals surface area contributed by atoms with Crippen LogP contribution < -0.4 is 10.6 Å². The van der Waals surface area contributed by atoms with Gasteiger partial charge in [0, 0.05) is 13.1 Å². The van der Waals surface area contributed by atoms with E-state index in [2.05, 4.69) is 10.6 Å². The van der Waals surface area contributed by atoms with Crippen LogP contribution in [-0.2, 0) is 20.4 Å². The predicted molar refractivity (Wildman–Crippen MR) is 139 cm³/mol. The van der Waals surface area contributed by atoms with Crippen molar-refractivity contribution in [3.63, 3.8) is 0 Å². The summed E-state index contributed by atoms with van der Waals surface area (Å²) in [6, 6.07) is 18.7. The lowest BCUT2D eigenvalue weighted by atomic mass is 9.78. The van der Waals surface area contributed by atoms with Crippen LogP contribution in [-0.4, -0.2) is 40.4 Å². The number of hydrogen-bond acceptors (Lipinski definition) is 3. The molecule has 0 heterocycles. The van der Waals surface area contributed by atoms with Crippen molar-refractivity contribution < 1.29 is 19.8 Å². The SMILES string of the molecule is CC(CCCCNC(=S)NCCCCC(C)(C(=O)O)c1ccccc1)(C(=O)O)c1ccccc1. The standard InChI is InChI=1S/C27H36N2O4S/c1-26(23(30)31,21-13-5-3-6-14-21)17-9-11-19-28-25(34)29-20-12-10-18-27(2,24(32)33)22-15-7-4-8-16-22/h3-8,13-16H,9-12,17-20H2,1-2H3,(H,30,31)(H,32,33)(H2,28,29,34). The summed E-state index contributed by atoms with van der Waals surface area (Å²) < 4.78 is 0. The van der Waals surface area contributed by atoms with E-state index in [0.29, 0.717) is 31.0 Å². The quantitative estimate of drug-likeness (QED) is 0.224. The molecule has 0 saturated heterocycles. The zero-order valence-electron chi connectivity index (χ0n) is 20.0. The van der Waals surface area contributed by atoms with Crippen LogP contribution in [0.3, 0.4) is 0 Å². The Kier molecular flexibility index (Phi) is 10.5. The van der Waals surface area contributed by atoms with E-state index in [-0.39, 0.29) is 0 Å². The summed E-state index contributed by atoms with van der Waals surface area (Å²) in [6.45, 7) is 4.89. The molecule has 7 heteroatoms. The molecule has 0 aliphatic carbocycles. The van der Waals surface area contributed by atoms with Gasteiger partial charge in [0.1, 0.15) is 0 Å². The molecule has 0 fully saturated rings. The van der Waals surface area contributed by atoms with Crippen molar-refractivity contribution in [3.8, 4) is 0 Å². The average molecular weight is 485 g/mol. The first-order valence-electron chi connectivity index (χ1n) is 11.8. The van der Waals surface area contributed by atoms with Gasteiger partial charge in [-0.25, -0.2) is 0 Å². The van der Waals surface area contributed by atoms with E-state index < -0.39 is 22.8 Å². The molecule has 2 unspecified atom stereocenters. The Morgan fingerprint density at radius 1 is 0.706 bits per heavy atom. The molecule has 4 N–H and O–H groups in total. The van der Waals surface area contributed by atoms with E-state index in [4.69, 9.17) is 12.2 Å². The maximum Gasteiger partial charge on any atom is 0.313 e. The van der Waals surface area contributed by atoms with Gasteiger partial charge in [-0.05, 0) is 62.9 Å². The molecule has 34 heavy (non-hydrogen) atoms. The number of hydrogen-bond donors (Lipinski definition) is 4. The van der Waals surface area contributed by atoms with Crippen molar-refractivity contribution in [2.45, 2.75) is 63.2 Å². The highest BCUT2D eigenvalue weighted by Gasteiger charge is 2.35. The number of benzene rings is 2. The van der Waals surface area contributed by atoms with E-state index in [9.17, 15) is 19.8 Å². The van der Waals surface area contributed by atoms with Crippen LogP contribution in [0.5, 0.6) is 0 Å². The predicted octanol–water partition coefficient (Wildman–Crippen LogP) is 4.88. The minimum Gasteiger partial charge on any atom is -0.481 e. The van der Waals surface area contributed by atoms with Gasteiger partial charge >= 0.3 is 11.9 Å². The molecule has 2 aromatic rings. The summed E-state index contributed by atoms with van der Waals surface area (Å²) >= 11 is 5.33. The van der Waals surface area contributed by atoms with Crippen LogP contribution in [0.2, 0.25) is 0 Å². The normalized spacial score (nSPS) is 14.4. The average Bonchev–Trinajstić information content (AvgIpc) is 2.84. The lowest BCUT2D eigenvalue weighted by Gasteiger charge is -2.25. The van der Waals surface area contributed by atoms with Crippen molar-refractivity contribution in [3.05, 3.63) is 71.8 Å². The second-order valence-corrected chi connectivity index (χ2v) is 9.51. The third kappa shape index (κ3) is 7.55. The molecule has 2 rings (SSSR count). The lowest BCUT2D eigenvalue weighted by Crippen LogP contribution is -2.37. The van der Waals surface area contributed by atoms with Crippen molar-refractivity contribution in [1.29, 1.82) is 0 Å². The Balaban J connectivity index is 1.65. The first-order valence-corrected chi connectivity index (χ1v) is 12.2. The van der Waals surface area contributed by atoms with Crippen LogP contribution in [0.4, 0.5) is 0 Å². The molecule has 184 valence electrons. The summed E-state index contributed by atoms with van der Waals surface area (Å²) in [5, 5.41) is 26.4. The molecule has 0 bridgehead atoms. The Labute approximate surface area is 207 Å². The van der Waals surface area contributed by atoms with Crippen LogP contribution in [0.25, 0.3) is 0 Å². The Bertz CT molecular complexity index is 863. The fourth-order valence-corrected chi connectivity index (χ4v) is 4.24. The van der Waals surface area contributed by atoms with E-state index in [1.807, 2.05) is 60.7 Å². The first-order chi connectivity index (χ1) is 16.2. The molecular formula is C27H36N2O4S. The van der Waals surface area contributed by atoms with Gasteiger partial charge in [-0.15, -0.1) is 0 Å². The molecule has 0 spiro atoms. The third-order valence-electron chi connectivity index (χ3n) is 6.54. The van der Waals surface area contributed by atoms with Gasteiger partial charge in [-0.3, -0.25) is 9.59 Å². The fourth-order valence-electron chi connectivity index (χ4n) is 4.03. The van der Waals surface area contributed by atoms with E-state index >= 15 is 0 Å². The number of aliphatic carboxylic acids is 2. The second kappa shape index (κ2) is 13.1.